The average Bonchev–Trinajstić information content (AvgIpc) is 3.20. The van der Waals surface area contributed by atoms with Crippen molar-refractivity contribution in [3.63, 3.8) is 0 Å². The molecule has 1 saturated heterocycles. The Morgan fingerprint density at radius 2 is 1.78 bits per heavy atom. The van der Waals surface area contributed by atoms with Gasteiger partial charge >= 0.3 is 57.3 Å². The van der Waals surface area contributed by atoms with E-state index in [-0.39, 0.29) is 87.7 Å². The Bertz CT molecular complexity index is 1190. The molecule has 0 aliphatic carbocycles. The summed E-state index contributed by atoms with van der Waals surface area (Å²) < 4.78 is 44.5. The van der Waals surface area contributed by atoms with Gasteiger partial charge in [0.15, 0.2) is 5.75 Å². The number of halogens is 1. The van der Waals surface area contributed by atoms with Crippen LogP contribution in [0.3, 0.4) is 0 Å². The normalized spacial score (nSPS) is 17.7. The number of rotatable bonds is 6. The van der Waals surface area contributed by atoms with E-state index in [1.165, 1.54) is 4.90 Å². The molecule has 0 saturated carbocycles. The van der Waals surface area contributed by atoms with Gasteiger partial charge in [-0.15, -0.1) is 0 Å². The fourth-order valence-electron chi connectivity index (χ4n) is 3.28. The maximum absolute atomic E-state index is 13.1. The van der Waals surface area contributed by atoms with Gasteiger partial charge in [0.1, 0.15) is 0 Å². The summed E-state index contributed by atoms with van der Waals surface area (Å²) in [5, 5.41) is 0.408. The van der Waals surface area contributed by atoms with E-state index in [1.54, 1.807) is 23.1 Å². The minimum atomic E-state index is -4.39. The van der Waals surface area contributed by atoms with Crippen molar-refractivity contribution in [1.82, 2.24) is 4.90 Å². The number of nitrogens with zero attached hydrogens (tertiary/aromatic N) is 2. The zero-order chi connectivity index (χ0) is 22.2. The number of ether oxygens (including phenoxy) is 2. The third-order valence-electron chi connectivity index (χ3n) is 4.67. The number of carbonyl (C=O) groups excluding carboxylic acids is 1. The molecule has 2 aromatic rings. The number of anilines is 1. The molecule has 2 heterocycles. The molecule has 0 N–H and O–H groups in total. The summed E-state index contributed by atoms with van der Waals surface area (Å²) in [6, 6.07) is 14.2. The molecule has 32 heavy (non-hydrogen) atoms. The van der Waals surface area contributed by atoms with Crippen LogP contribution in [-0.2, 0) is 26.2 Å². The third kappa shape index (κ3) is 5.72. The van der Waals surface area contributed by atoms with Crippen LogP contribution in [0, 0.1) is 0 Å². The van der Waals surface area contributed by atoms with Crippen LogP contribution >= 0.6 is 23.8 Å². The van der Waals surface area contributed by atoms with Crippen molar-refractivity contribution in [3.8, 4) is 5.75 Å². The molecule has 1 amide bonds. The Labute approximate surface area is 238 Å². The summed E-state index contributed by atoms with van der Waals surface area (Å²) in [5.74, 6) is -0.665. The van der Waals surface area contributed by atoms with Crippen molar-refractivity contribution in [1.29, 1.82) is 0 Å². The molecule has 8 nitrogen and oxygen atoms in total. The smallest absolute Gasteiger partial charge is 0.748 e. The van der Waals surface area contributed by atoms with Crippen molar-refractivity contribution in [2.75, 3.05) is 17.2 Å². The molecule has 0 bridgehead atoms. The van der Waals surface area contributed by atoms with Crippen molar-refractivity contribution in [2.45, 2.75) is 13.0 Å². The first kappa shape index (κ1) is 25.6. The van der Waals surface area contributed by atoms with Gasteiger partial charge < -0.3 is 18.9 Å². The number of fused-ring (bicyclic) bond motifs is 1. The fraction of sp³-hybridized carbons (Fsp3) is 0.200. The number of carbonyl (C=O) groups is 1. The fourth-order valence-corrected chi connectivity index (χ4v) is 4.16. The molecule has 12 heteroatoms. The Kier molecular flexibility index (Phi) is 8.39. The van der Waals surface area contributed by atoms with Crippen LogP contribution in [0.1, 0.15) is 12.0 Å². The zero-order valence-electron chi connectivity index (χ0n) is 17.0. The average molecular weight is 519 g/mol. The molecule has 2 aromatic carbocycles. The quantitative estimate of drug-likeness (QED) is 0.228. The van der Waals surface area contributed by atoms with Gasteiger partial charge in [-0.1, -0.05) is 41.9 Å². The molecule has 4 rings (SSSR count). The maximum Gasteiger partial charge on any atom is 1.00 e. The second-order valence-corrected chi connectivity index (χ2v) is 9.17. The topological polar surface area (TPSA) is 99.2 Å². The molecular formula is C20H16ClKN2O6S2. The monoisotopic (exact) mass is 518 g/mol. The van der Waals surface area contributed by atoms with Crippen LogP contribution in [0.2, 0.25) is 5.02 Å². The standard InChI is InChI=1S/C20H17ClN2O6S2.K/c21-14-7-8-16-15(11-14)22(9-4-10-31(25,26)27)19(28-16)17-18(24)23(20(30)29-17)12-13-5-2-1-3-6-13;/h1-3,5-8,11H,4,9-10,12H2,(H,25,26,27);/q;+1/p-1/b19-17-;. The van der Waals surface area contributed by atoms with Gasteiger partial charge in [0, 0.05) is 17.3 Å². The van der Waals surface area contributed by atoms with E-state index in [4.69, 9.17) is 33.3 Å². The molecule has 0 unspecified atom stereocenters. The van der Waals surface area contributed by atoms with E-state index in [2.05, 4.69) is 0 Å². The minimum Gasteiger partial charge on any atom is -0.748 e. The molecule has 162 valence electrons. The van der Waals surface area contributed by atoms with Crippen molar-refractivity contribution >= 4 is 50.7 Å². The van der Waals surface area contributed by atoms with Crippen molar-refractivity contribution < 1.29 is 78.6 Å². The van der Waals surface area contributed by atoms with Crippen LogP contribution in [0.4, 0.5) is 5.69 Å². The largest absolute Gasteiger partial charge is 1.00 e. The SMILES string of the molecule is O=C1/C(=C2/Oc3ccc(Cl)cc3N2CCCS(=O)(=O)[O-])OC(=S)N1Cc1ccccc1.[K+]. The van der Waals surface area contributed by atoms with Gasteiger partial charge in [-0.3, -0.25) is 9.69 Å². The first-order valence-electron chi connectivity index (χ1n) is 9.23. The van der Waals surface area contributed by atoms with E-state index < -0.39 is 21.8 Å². The summed E-state index contributed by atoms with van der Waals surface area (Å²) in [6.07, 6.45) is 0.0181. The molecule has 2 aliphatic rings. The molecule has 2 aliphatic heterocycles. The summed E-state index contributed by atoms with van der Waals surface area (Å²) in [5.41, 5.74) is 1.40. The van der Waals surface area contributed by atoms with E-state index >= 15 is 0 Å². The zero-order valence-corrected chi connectivity index (χ0v) is 22.5. The van der Waals surface area contributed by atoms with E-state index in [1.807, 2.05) is 30.3 Å². The van der Waals surface area contributed by atoms with Crippen LogP contribution < -0.4 is 61.0 Å². The summed E-state index contributed by atoms with van der Waals surface area (Å²) in [4.78, 5) is 16.0. The Balaban J connectivity index is 0.00000289. The summed E-state index contributed by atoms with van der Waals surface area (Å²) >= 11 is 11.3. The number of benzene rings is 2. The molecule has 1 fully saturated rings. The number of hydrogen-bond acceptors (Lipinski definition) is 8. The molecule has 0 radical (unpaired) electrons. The first-order chi connectivity index (χ1) is 14.7. The molecule has 0 aromatic heterocycles. The van der Waals surface area contributed by atoms with Gasteiger partial charge in [-0.05, 0) is 42.4 Å². The second-order valence-electron chi connectivity index (χ2n) is 6.86. The Morgan fingerprint density at radius 1 is 1.06 bits per heavy atom. The van der Waals surface area contributed by atoms with Gasteiger partial charge in [0.25, 0.3) is 10.9 Å². The van der Waals surface area contributed by atoms with Crippen molar-refractivity contribution in [3.05, 3.63) is 70.8 Å². The van der Waals surface area contributed by atoms with E-state index in [0.29, 0.717) is 16.5 Å². The second kappa shape index (κ2) is 10.5. The van der Waals surface area contributed by atoms with Gasteiger partial charge in [-0.25, -0.2) is 8.42 Å². The Hall–Kier alpha value is -1.02. The predicted octanol–water partition coefficient (Wildman–Crippen LogP) is -0.00890. The number of hydrogen-bond donors (Lipinski definition) is 0. The molecule has 0 atom stereocenters. The van der Waals surface area contributed by atoms with Gasteiger partial charge in [0.05, 0.1) is 22.4 Å². The van der Waals surface area contributed by atoms with Crippen LogP contribution in [0.15, 0.2) is 60.2 Å². The maximum atomic E-state index is 13.1. The number of amides is 1. The summed E-state index contributed by atoms with van der Waals surface area (Å²) in [6.45, 7) is 0.318. The molecule has 0 spiro atoms. The molecular weight excluding hydrogens is 503 g/mol. The predicted molar refractivity (Wildman–Crippen MR) is 116 cm³/mol. The van der Waals surface area contributed by atoms with Gasteiger partial charge in [0.2, 0.25) is 5.88 Å². The van der Waals surface area contributed by atoms with Crippen molar-refractivity contribution in [2.24, 2.45) is 0 Å². The van der Waals surface area contributed by atoms with Crippen LogP contribution in [0.25, 0.3) is 0 Å². The first-order valence-corrected chi connectivity index (χ1v) is 11.6. The Morgan fingerprint density at radius 3 is 2.47 bits per heavy atom. The number of thiocarbonyl (C=S) groups is 1. The van der Waals surface area contributed by atoms with E-state index in [9.17, 15) is 17.8 Å². The van der Waals surface area contributed by atoms with Crippen LogP contribution in [-0.4, -0.2) is 41.2 Å². The van der Waals surface area contributed by atoms with Gasteiger partial charge in [-0.2, -0.15) is 0 Å². The van der Waals surface area contributed by atoms with Crippen LogP contribution in [0.5, 0.6) is 5.75 Å². The van der Waals surface area contributed by atoms with E-state index in [0.717, 1.165) is 5.56 Å². The summed E-state index contributed by atoms with van der Waals surface area (Å²) in [7, 11) is -4.39. The third-order valence-corrected chi connectivity index (χ3v) is 5.99. The minimum absolute atomic E-state index is 0.